The van der Waals surface area contributed by atoms with Gasteiger partial charge in [-0.2, -0.15) is 0 Å². The predicted octanol–water partition coefficient (Wildman–Crippen LogP) is 1.50. The molecule has 1 aromatic heterocycles. The largest absolute Gasteiger partial charge is 0.267 e. The molecule has 1 aromatic rings. The van der Waals surface area contributed by atoms with E-state index in [0.717, 1.165) is 0 Å². The van der Waals surface area contributed by atoms with Gasteiger partial charge < -0.3 is 0 Å². The summed E-state index contributed by atoms with van der Waals surface area (Å²) in [6.07, 6.45) is 1.57. The van der Waals surface area contributed by atoms with Gasteiger partial charge in [-0.15, -0.1) is 11.6 Å². The van der Waals surface area contributed by atoms with E-state index >= 15 is 0 Å². The lowest BCUT2D eigenvalue weighted by molar-refractivity contribution is 0.600. The van der Waals surface area contributed by atoms with Gasteiger partial charge in [0.05, 0.1) is 5.75 Å². The Morgan fingerprint density at radius 2 is 2.13 bits per heavy atom. The molecule has 0 aromatic carbocycles. The Labute approximate surface area is 97.9 Å². The molecule has 0 spiro atoms. The van der Waals surface area contributed by atoms with Crippen LogP contribution in [0.3, 0.4) is 0 Å². The normalized spacial score (nSPS) is 11.3. The maximum absolute atomic E-state index is 11.4. The zero-order valence-electron chi connectivity index (χ0n) is 7.65. The fourth-order valence-corrected chi connectivity index (χ4v) is 2.34. The summed E-state index contributed by atoms with van der Waals surface area (Å²) in [5.41, 5.74) is 0. The summed E-state index contributed by atoms with van der Waals surface area (Å²) in [5, 5.41) is 0.181. The Hall–Kier alpha value is -0.590. The Balaban J connectivity index is 2.69. The van der Waals surface area contributed by atoms with Crippen LogP contribution in [0.1, 0.15) is 6.42 Å². The summed E-state index contributed by atoms with van der Waals surface area (Å²) in [4.78, 5) is 7.34. The number of hydrogen-bond acceptors (Lipinski definition) is 4. The van der Waals surface area contributed by atoms with Crippen molar-refractivity contribution in [3.63, 3.8) is 0 Å². The second-order valence-electron chi connectivity index (χ2n) is 2.69. The maximum atomic E-state index is 11.4. The van der Waals surface area contributed by atoms with Crippen LogP contribution >= 0.6 is 23.2 Å². The summed E-state index contributed by atoms with van der Waals surface area (Å²) < 4.78 is 25.1. The van der Waals surface area contributed by atoms with Gasteiger partial charge in [-0.25, -0.2) is 18.4 Å². The number of nitrogens with zero attached hydrogens (tertiary/aromatic N) is 2. The minimum absolute atomic E-state index is 0.0435. The van der Waals surface area contributed by atoms with Crippen molar-refractivity contribution >= 4 is 39.0 Å². The molecule has 0 amide bonds. The Morgan fingerprint density at radius 1 is 1.40 bits per heavy atom. The first kappa shape index (κ1) is 12.5. The SMILES string of the molecule is O=S(=O)(CCCCl)Nc1cc(Cl)ncn1. The molecule has 0 aliphatic rings. The van der Waals surface area contributed by atoms with Gasteiger partial charge in [-0.05, 0) is 6.42 Å². The number of alkyl halides is 1. The second-order valence-corrected chi connectivity index (χ2v) is 5.30. The molecule has 0 aliphatic heterocycles. The molecule has 5 nitrogen and oxygen atoms in total. The van der Waals surface area contributed by atoms with Crippen LogP contribution in [0.4, 0.5) is 5.82 Å². The summed E-state index contributed by atoms with van der Waals surface area (Å²) in [6.45, 7) is 0. The van der Waals surface area contributed by atoms with Gasteiger partial charge in [-0.1, -0.05) is 11.6 Å². The van der Waals surface area contributed by atoms with Gasteiger partial charge >= 0.3 is 0 Å². The van der Waals surface area contributed by atoms with Crippen LogP contribution in [0.5, 0.6) is 0 Å². The van der Waals surface area contributed by atoms with E-state index in [2.05, 4.69) is 14.7 Å². The highest BCUT2D eigenvalue weighted by Gasteiger charge is 2.10. The molecular formula is C7H9Cl2N3O2S. The fourth-order valence-electron chi connectivity index (χ4n) is 0.844. The van der Waals surface area contributed by atoms with E-state index in [4.69, 9.17) is 23.2 Å². The van der Waals surface area contributed by atoms with Gasteiger partial charge in [0, 0.05) is 11.9 Å². The van der Waals surface area contributed by atoms with E-state index in [1.54, 1.807) is 0 Å². The Bertz CT molecular complexity index is 424. The van der Waals surface area contributed by atoms with Crippen LogP contribution in [-0.4, -0.2) is 30.0 Å². The van der Waals surface area contributed by atoms with Gasteiger partial charge in [0.1, 0.15) is 17.3 Å². The lowest BCUT2D eigenvalue weighted by Gasteiger charge is -2.05. The van der Waals surface area contributed by atoms with Crippen molar-refractivity contribution < 1.29 is 8.42 Å². The highest BCUT2D eigenvalue weighted by molar-refractivity contribution is 7.92. The van der Waals surface area contributed by atoms with Crippen molar-refractivity contribution in [2.75, 3.05) is 16.4 Å². The van der Waals surface area contributed by atoms with Crippen LogP contribution in [0, 0.1) is 0 Å². The maximum Gasteiger partial charge on any atom is 0.233 e. The number of aromatic nitrogens is 2. The fraction of sp³-hybridized carbons (Fsp3) is 0.429. The van der Waals surface area contributed by atoms with Crippen molar-refractivity contribution in [2.24, 2.45) is 0 Å². The molecule has 0 atom stereocenters. The predicted molar refractivity (Wildman–Crippen MR) is 59.8 cm³/mol. The molecule has 0 radical (unpaired) electrons. The van der Waals surface area contributed by atoms with Crippen LogP contribution in [-0.2, 0) is 10.0 Å². The minimum Gasteiger partial charge on any atom is -0.267 e. The van der Waals surface area contributed by atoms with Crippen LogP contribution in [0.15, 0.2) is 12.4 Å². The Morgan fingerprint density at radius 3 is 2.73 bits per heavy atom. The lowest BCUT2D eigenvalue weighted by atomic mass is 10.6. The first-order chi connectivity index (χ1) is 7.03. The number of rotatable bonds is 5. The third-order valence-corrected chi connectivity index (χ3v) is 3.26. The van der Waals surface area contributed by atoms with Crippen molar-refractivity contribution in [3.8, 4) is 0 Å². The molecule has 1 heterocycles. The van der Waals surface area contributed by atoms with Crippen molar-refractivity contribution in [2.45, 2.75) is 6.42 Å². The first-order valence-electron chi connectivity index (χ1n) is 4.07. The standard InChI is InChI=1S/C7H9Cl2N3O2S/c8-2-1-3-15(13,14)12-7-4-6(9)10-5-11-7/h4-5H,1-3H2,(H,10,11,12). The van der Waals surface area contributed by atoms with Crippen molar-refractivity contribution in [1.82, 2.24) is 9.97 Å². The third kappa shape index (κ3) is 4.63. The number of halogens is 2. The zero-order valence-corrected chi connectivity index (χ0v) is 9.98. The Kier molecular flexibility index (Phi) is 4.56. The molecule has 8 heteroatoms. The van der Waals surface area contributed by atoms with Crippen LogP contribution in [0.25, 0.3) is 0 Å². The first-order valence-corrected chi connectivity index (χ1v) is 6.64. The van der Waals surface area contributed by atoms with Crippen molar-refractivity contribution in [3.05, 3.63) is 17.5 Å². The summed E-state index contributed by atoms with van der Waals surface area (Å²) in [7, 11) is -3.40. The minimum atomic E-state index is -3.40. The molecule has 84 valence electrons. The molecule has 15 heavy (non-hydrogen) atoms. The number of sulfonamides is 1. The third-order valence-electron chi connectivity index (χ3n) is 1.44. The molecule has 0 fully saturated rings. The molecule has 1 N–H and O–H groups in total. The number of nitrogens with one attached hydrogen (secondary N) is 1. The van der Waals surface area contributed by atoms with E-state index < -0.39 is 10.0 Å². The number of hydrogen-bond donors (Lipinski definition) is 1. The molecule has 0 saturated carbocycles. The highest BCUT2D eigenvalue weighted by atomic mass is 35.5. The van der Waals surface area contributed by atoms with E-state index in [0.29, 0.717) is 12.3 Å². The van der Waals surface area contributed by atoms with Crippen LogP contribution < -0.4 is 4.72 Å². The summed E-state index contributed by atoms with van der Waals surface area (Å²) >= 11 is 11.0. The average molecular weight is 270 g/mol. The van der Waals surface area contributed by atoms with E-state index in [-0.39, 0.29) is 16.7 Å². The van der Waals surface area contributed by atoms with Gasteiger partial charge in [-0.3, -0.25) is 4.72 Å². The molecule has 0 saturated heterocycles. The molecule has 1 rings (SSSR count). The monoisotopic (exact) mass is 269 g/mol. The average Bonchev–Trinajstić information content (AvgIpc) is 2.14. The molecule has 0 aliphatic carbocycles. The summed E-state index contributed by atoms with van der Waals surface area (Å²) in [5.74, 6) is 0.411. The van der Waals surface area contributed by atoms with E-state index in [1.807, 2.05) is 0 Å². The van der Waals surface area contributed by atoms with E-state index in [9.17, 15) is 8.42 Å². The van der Waals surface area contributed by atoms with Gasteiger partial charge in [0.15, 0.2) is 0 Å². The topological polar surface area (TPSA) is 72.0 Å². The zero-order chi connectivity index (χ0) is 11.3. The van der Waals surface area contributed by atoms with Gasteiger partial charge in [0.2, 0.25) is 10.0 Å². The lowest BCUT2D eigenvalue weighted by Crippen LogP contribution is -2.17. The second kappa shape index (κ2) is 5.48. The molecule has 0 unspecified atom stereocenters. The molecule has 0 bridgehead atoms. The quantitative estimate of drug-likeness (QED) is 0.650. The van der Waals surface area contributed by atoms with Gasteiger partial charge in [0.25, 0.3) is 0 Å². The summed E-state index contributed by atoms with van der Waals surface area (Å²) in [6, 6.07) is 1.33. The van der Waals surface area contributed by atoms with E-state index in [1.165, 1.54) is 12.4 Å². The van der Waals surface area contributed by atoms with Crippen molar-refractivity contribution in [1.29, 1.82) is 0 Å². The highest BCUT2D eigenvalue weighted by Crippen LogP contribution is 2.10. The smallest absolute Gasteiger partial charge is 0.233 e. The molecular weight excluding hydrogens is 261 g/mol. The van der Waals surface area contributed by atoms with Crippen LogP contribution in [0.2, 0.25) is 5.15 Å². The number of anilines is 1.